The predicted octanol–water partition coefficient (Wildman–Crippen LogP) is 5.06. The van der Waals surface area contributed by atoms with Gasteiger partial charge in [-0.25, -0.2) is 4.99 Å². The van der Waals surface area contributed by atoms with Gasteiger partial charge in [-0.05, 0) is 66.7 Å². The highest BCUT2D eigenvalue weighted by Crippen LogP contribution is 2.32. The highest BCUT2D eigenvalue weighted by Gasteiger charge is 2.24. The number of aryl methyl sites for hydroxylation is 1. The molecule has 9 heteroatoms. The zero-order valence-corrected chi connectivity index (χ0v) is 17.4. The van der Waals surface area contributed by atoms with Crippen LogP contribution in [0.4, 0.5) is 11.4 Å². The van der Waals surface area contributed by atoms with Gasteiger partial charge in [0.05, 0.1) is 22.6 Å². The van der Waals surface area contributed by atoms with Gasteiger partial charge in [-0.3, -0.25) is 14.9 Å². The molecular weight excluding hydrogens is 418 g/mol. The van der Waals surface area contributed by atoms with Crippen LogP contribution >= 0.6 is 11.8 Å². The summed E-state index contributed by atoms with van der Waals surface area (Å²) in [4.78, 5) is 27.7. The van der Waals surface area contributed by atoms with Crippen molar-refractivity contribution in [1.29, 1.82) is 0 Å². The van der Waals surface area contributed by atoms with Gasteiger partial charge in [0.2, 0.25) is 0 Å². The summed E-state index contributed by atoms with van der Waals surface area (Å²) in [7, 11) is 1.59. The Morgan fingerprint density at radius 3 is 2.61 bits per heavy atom. The number of nitro benzene ring substituents is 1. The minimum atomic E-state index is -0.435. The van der Waals surface area contributed by atoms with Crippen molar-refractivity contribution in [3.05, 3.63) is 80.9 Å². The molecule has 0 saturated carbocycles. The number of nitrogens with one attached hydrogen (secondary N) is 1. The summed E-state index contributed by atoms with van der Waals surface area (Å²) in [5.74, 6) is 1.53. The third-order valence-corrected chi connectivity index (χ3v) is 5.45. The number of amides is 1. The van der Waals surface area contributed by atoms with Crippen LogP contribution in [0.5, 0.6) is 5.75 Å². The van der Waals surface area contributed by atoms with E-state index in [0.29, 0.717) is 27.3 Å². The van der Waals surface area contributed by atoms with Crippen LogP contribution in [0.3, 0.4) is 0 Å². The van der Waals surface area contributed by atoms with E-state index < -0.39 is 4.92 Å². The Morgan fingerprint density at radius 2 is 1.94 bits per heavy atom. The predicted molar refractivity (Wildman–Crippen MR) is 119 cm³/mol. The summed E-state index contributed by atoms with van der Waals surface area (Å²) in [6, 6.07) is 15.3. The van der Waals surface area contributed by atoms with E-state index in [1.54, 1.807) is 62.6 Å². The lowest BCUT2D eigenvalue weighted by atomic mass is 10.1. The third kappa shape index (κ3) is 4.51. The van der Waals surface area contributed by atoms with Crippen molar-refractivity contribution in [3.8, 4) is 17.1 Å². The van der Waals surface area contributed by atoms with Gasteiger partial charge in [0.25, 0.3) is 11.6 Å². The van der Waals surface area contributed by atoms with E-state index in [4.69, 9.17) is 9.15 Å². The first-order chi connectivity index (χ1) is 14.9. The van der Waals surface area contributed by atoms with Gasteiger partial charge in [-0.1, -0.05) is 0 Å². The summed E-state index contributed by atoms with van der Waals surface area (Å²) in [5.41, 5.74) is 2.20. The number of nitro groups is 1. The molecule has 1 fully saturated rings. The van der Waals surface area contributed by atoms with E-state index in [1.807, 2.05) is 0 Å². The Hall–Kier alpha value is -3.85. The van der Waals surface area contributed by atoms with Crippen LogP contribution in [0.25, 0.3) is 17.4 Å². The lowest BCUT2D eigenvalue weighted by Gasteiger charge is -2.02. The van der Waals surface area contributed by atoms with E-state index >= 15 is 0 Å². The quantitative estimate of drug-likeness (QED) is 0.341. The third-order valence-electron chi connectivity index (χ3n) is 4.54. The van der Waals surface area contributed by atoms with E-state index in [2.05, 4.69) is 10.3 Å². The van der Waals surface area contributed by atoms with Crippen molar-refractivity contribution in [2.75, 3.05) is 7.11 Å². The standard InChI is InChI=1S/C22H17N3O5S/c1-13-11-15(25(27)28)5-9-18(13)19-10-8-17(30-19)12-20-21(26)24-22(31-20)23-14-3-6-16(29-2)7-4-14/h3-12H,1-2H3,(H,23,24,26)/b20-12-. The fourth-order valence-electron chi connectivity index (χ4n) is 3.00. The van der Waals surface area contributed by atoms with Crippen LogP contribution in [0.1, 0.15) is 11.3 Å². The zero-order valence-electron chi connectivity index (χ0n) is 16.6. The molecule has 8 nitrogen and oxygen atoms in total. The second-order valence-corrected chi connectivity index (χ2v) is 7.67. The Bertz CT molecular complexity index is 1230. The normalized spacial score (nSPS) is 16.0. The topological polar surface area (TPSA) is 107 Å². The van der Waals surface area contributed by atoms with Crippen molar-refractivity contribution in [3.63, 3.8) is 0 Å². The number of hydrogen-bond donors (Lipinski definition) is 1. The lowest BCUT2D eigenvalue weighted by Crippen LogP contribution is -2.19. The van der Waals surface area contributed by atoms with E-state index in [9.17, 15) is 14.9 Å². The number of rotatable bonds is 5. The van der Waals surface area contributed by atoms with Crippen molar-refractivity contribution in [1.82, 2.24) is 5.32 Å². The molecule has 1 aliphatic heterocycles. The molecule has 1 aliphatic rings. The fraction of sp³-hybridized carbons (Fsp3) is 0.0909. The lowest BCUT2D eigenvalue weighted by molar-refractivity contribution is -0.384. The molecular formula is C22H17N3O5S. The summed E-state index contributed by atoms with van der Waals surface area (Å²) < 4.78 is 11.0. The Morgan fingerprint density at radius 1 is 1.16 bits per heavy atom. The molecule has 2 aromatic carbocycles. The molecule has 0 aliphatic carbocycles. The molecule has 2 heterocycles. The van der Waals surface area contributed by atoms with Crippen LogP contribution in [0.15, 0.2) is 68.9 Å². The summed E-state index contributed by atoms with van der Waals surface area (Å²) in [5, 5.41) is 14.1. The molecule has 0 spiro atoms. The number of non-ortho nitro benzene ring substituents is 1. The Kier molecular flexibility index (Phi) is 5.59. The smallest absolute Gasteiger partial charge is 0.269 e. The van der Waals surface area contributed by atoms with Crippen LogP contribution in [0, 0.1) is 17.0 Å². The molecule has 3 aromatic rings. The van der Waals surface area contributed by atoms with Crippen LogP contribution in [-0.2, 0) is 4.79 Å². The molecule has 4 rings (SSSR count). The average Bonchev–Trinajstić information content (AvgIpc) is 3.35. The average molecular weight is 435 g/mol. The van der Waals surface area contributed by atoms with E-state index in [1.165, 1.54) is 23.9 Å². The molecule has 1 N–H and O–H groups in total. The van der Waals surface area contributed by atoms with Gasteiger partial charge in [0.15, 0.2) is 5.17 Å². The number of nitrogens with zero attached hydrogens (tertiary/aromatic N) is 2. The summed E-state index contributed by atoms with van der Waals surface area (Å²) >= 11 is 1.22. The number of aliphatic imine (C=N–C) groups is 1. The first-order valence-corrected chi connectivity index (χ1v) is 10.0. The second kappa shape index (κ2) is 8.49. The van der Waals surface area contributed by atoms with Gasteiger partial charge in [0.1, 0.15) is 17.3 Å². The molecule has 0 unspecified atom stereocenters. The van der Waals surface area contributed by atoms with Gasteiger partial charge in [-0.15, -0.1) is 0 Å². The number of methoxy groups -OCH3 is 1. The molecule has 1 amide bonds. The van der Waals surface area contributed by atoms with E-state index in [0.717, 1.165) is 16.9 Å². The second-order valence-electron chi connectivity index (χ2n) is 6.64. The first-order valence-electron chi connectivity index (χ1n) is 9.22. The number of benzene rings is 2. The number of furan rings is 1. The van der Waals surface area contributed by atoms with Crippen molar-refractivity contribution in [2.24, 2.45) is 4.99 Å². The molecule has 0 atom stereocenters. The SMILES string of the molecule is COc1ccc(N=C2NC(=O)/C(=C/c3ccc(-c4ccc([N+](=O)[O-])cc4C)o3)S2)cc1. The van der Waals surface area contributed by atoms with Crippen LogP contribution in [0.2, 0.25) is 0 Å². The maximum Gasteiger partial charge on any atom is 0.269 e. The molecule has 31 heavy (non-hydrogen) atoms. The number of amidine groups is 1. The van der Waals surface area contributed by atoms with Gasteiger partial charge < -0.3 is 14.5 Å². The highest BCUT2D eigenvalue weighted by molar-refractivity contribution is 8.18. The maximum atomic E-state index is 12.3. The van der Waals surface area contributed by atoms with Gasteiger partial charge in [0, 0.05) is 23.8 Å². The van der Waals surface area contributed by atoms with Crippen LogP contribution < -0.4 is 10.1 Å². The number of carbonyl (C=O) groups is 1. The number of hydrogen-bond acceptors (Lipinski definition) is 7. The van der Waals surface area contributed by atoms with Crippen LogP contribution in [-0.4, -0.2) is 23.1 Å². The number of thioether (sulfide) groups is 1. The number of carbonyl (C=O) groups excluding carboxylic acids is 1. The molecule has 0 bridgehead atoms. The minimum Gasteiger partial charge on any atom is -0.497 e. The minimum absolute atomic E-state index is 0.0258. The Labute approximate surface area is 181 Å². The van der Waals surface area contributed by atoms with E-state index in [-0.39, 0.29) is 11.6 Å². The molecule has 1 saturated heterocycles. The van der Waals surface area contributed by atoms with Crippen molar-refractivity contribution >= 4 is 40.3 Å². The molecule has 0 radical (unpaired) electrons. The van der Waals surface area contributed by atoms with Gasteiger partial charge in [-0.2, -0.15) is 0 Å². The molecule has 1 aromatic heterocycles. The van der Waals surface area contributed by atoms with Crippen molar-refractivity contribution < 1.29 is 18.9 Å². The summed E-state index contributed by atoms with van der Waals surface area (Å²) in [6.45, 7) is 1.78. The zero-order chi connectivity index (χ0) is 22.0. The van der Waals surface area contributed by atoms with Gasteiger partial charge >= 0.3 is 0 Å². The van der Waals surface area contributed by atoms with Crippen molar-refractivity contribution in [2.45, 2.75) is 6.92 Å². The highest BCUT2D eigenvalue weighted by atomic mass is 32.2. The monoisotopic (exact) mass is 435 g/mol. The first kappa shape index (κ1) is 20.4. The summed E-state index contributed by atoms with van der Waals surface area (Å²) in [6.07, 6.45) is 1.64. The fourth-order valence-corrected chi connectivity index (χ4v) is 3.82. The number of ether oxygens (including phenoxy) is 1. The largest absolute Gasteiger partial charge is 0.497 e. The Balaban J connectivity index is 1.53. The maximum absolute atomic E-state index is 12.3. The molecule has 156 valence electrons.